The molecule has 6 nitrogen and oxygen atoms in total. The van der Waals surface area contributed by atoms with E-state index in [-0.39, 0.29) is 52.0 Å². The molecule has 7 heteroatoms. The number of rotatable bonds is 5. The smallest absolute Gasteiger partial charge is 0.303 e. The Hall–Kier alpha value is -0.470. The van der Waals surface area contributed by atoms with Gasteiger partial charge in [-0.2, -0.15) is 0 Å². The van der Waals surface area contributed by atoms with Gasteiger partial charge in [-0.05, 0) is 73.7 Å². The maximum absolute atomic E-state index is 12.5. The van der Waals surface area contributed by atoms with Crippen molar-refractivity contribution < 1.29 is 40.8 Å². The molecule has 10 atom stereocenters. The van der Waals surface area contributed by atoms with E-state index >= 15 is 0 Å². The number of hydrogen-bond donors (Lipinski definition) is 1. The molecule has 2 heterocycles. The lowest BCUT2D eigenvalue weighted by Crippen LogP contribution is -3.00. The number of esters is 1. The van der Waals surface area contributed by atoms with Crippen LogP contribution >= 0.6 is 0 Å². The zero-order valence-corrected chi connectivity index (χ0v) is 26.2. The Morgan fingerprint density at radius 2 is 1.82 bits per heavy atom. The molecule has 0 aromatic rings. The van der Waals surface area contributed by atoms with E-state index in [9.17, 15) is 9.90 Å². The van der Waals surface area contributed by atoms with Gasteiger partial charge >= 0.3 is 5.97 Å². The predicted molar refractivity (Wildman–Crippen MR) is 148 cm³/mol. The van der Waals surface area contributed by atoms with Crippen LogP contribution in [0.25, 0.3) is 0 Å². The van der Waals surface area contributed by atoms with Crippen LogP contribution in [0.5, 0.6) is 0 Å². The highest BCUT2D eigenvalue weighted by Gasteiger charge is 2.67. The highest BCUT2D eigenvalue weighted by Crippen LogP contribution is 2.67. The maximum atomic E-state index is 12.5. The molecule has 2 aliphatic heterocycles. The molecule has 0 aromatic heterocycles. The van der Waals surface area contributed by atoms with E-state index in [0.29, 0.717) is 29.7 Å². The highest BCUT2D eigenvalue weighted by atomic mass is 79.9. The van der Waals surface area contributed by atoms with Crippen LogP contribution in [-0.4, -0.2) is 90.7 Å². The highest BCUT2D eigenvalue weighted by molar-refractivity contribution is 5.66. The molecule has 0 spiro atoms. The van der Waals surface area contributed by atoms with E-state index in [1.165, 1.54) is 51.6 Å². The molecular weight excluding hydrogens is 556 g/mol. The Morgan fingerprint density at radius 1 is 1.10 bits per heavy atom. The third-order valence-electron chi connectivity index (χ3n) is 13.1. The molecular formula is C32H53BrN2O4. The van der Waals surface area contributed by atoms with E-state index in [1.54, 1.807) is 6.92 Å². The second-order valence-corrected chi connectivity index (χ2v) is 14.6. The maximum Gasteiger partial charge on any atom is 0.303 e. The van der Waals surface area contributed by atoms with E-state index in [1.807, 2.05) is 0 Å². The number of fused-ring (bicyclic) bond motifs is 5. The van der Waals surface area contributed by atoms with Gasteiger partial charge in [0, 0.05) is 50.7 Å². The molecule has 6 aliphatic rings. The van der Waals surface area contributed by atoms with Crippen LogP contribution in [0.3, 0.4) is 0 Å². The number of aliphatic hydroxyl groups excluding tert-OH is 1. The largest absolute Gasteiger partial charge is 1.00 e. The first-order valence-electron chi connectivity index (χ1n) is 15.9. The van der Waals surface area contributed by atoms with Crippen molar-refractivity contribution in [3.63, 3.8) is 0 Å². The van der Waals surface area contributed by atoms with Crippen LogP contribution in [0, 0.1) is 34.5 Å². The summed E-state index contributed by atoms with van der Waals surface area (Å²) < 4.78 is 13.1. The summed E-state index contributed by atoms with van der Waals surface area (Å²) in [5, 5.41) is 11.3. The quantitative estimate of drug-likeness (QED) is 0.291. The van der Waals surface area contributed by atoms with Crippen molar-refractivity contribution in [3.8, 4) is 0 Å². The van der Waals surface area contributed by atoms with Crippen LogP contribution < -0.4 is 17.0 Å². The van der Waals surface area contributed by atoms with Crippen molar-refractivity contribution in [1.29, 1.82) is 0 Å². The number of morpholine rings is 1. The molecule has 2 saturated heterocycles. The summed E-state index contributed by atoms with van der Waals surface area (Å²) in [4.78, 5) is 15.0. The second kappa shape index (κ2) is 11.3. The van der Waals surface area contributed by atoms with Gasteiger partial charge in [0.25, 0.3) is 0 Å². The Kier molecular flexibility index (Phi) is 8.70. The Balaban J connectivity index is 0.00000308. The second-order valence-electron chi connectivity index (χ2n) is 14.6. The third-order valence-corrected chi connectivity index (χ3v) is 13.1. The lowest BCUT2D eigenvalue weighted by atomic mass is 9.44. The van der Waals surface area contributed by atoms with Crippen molar-refractivity contribution in [2.75, 3.05) is 45.9 Å². The van der Waals surface area contributed by atoms with Gasteiger partial charge in [0.2, 0.25) is 0 Å². The van der Waals surface area contributed by atoms with Gasteiger partial charge < -0.3 is 36.0 Å². The predicted octanol–water partition coefficient (Wildman–Crippen LogP) is 1.41. The number of halogens is 1. The van der Waals surface area contributed by atoms with E-state index in [4.69, 9.17) is 9.47 Å². The van der Waals surface area contributed by atoms with Crippen molar-refractivity contribution in [2.24, 2.45) is 34.5 Å². The Labute approximate surface area is 247 Å². The molecule has 6 rings (SSSR count). The van der Waals surface area contributed by atoms with E-state index < -0.39 is 0 Å². The standard InChI is InChI=1S/C32H53N2O4.BrH/c1-5-14-34(15-6-7-16-34)28-20-26-24-9-8-23-19-29(36)27(33-12-17-37-18-13-33)21-32(23,4)25(24)10-11-31(26,3)30(28)38-22(2)35;/h5,23-30,36H,1,6-21H2,2-4H3;1H/q+1;/p-1/t23?,24?,25?,26?,27-,28-,29-,30-,31-,32-;/m0./s1. The van der Waals surface area contributed by atoms with Crippen LogP contribution in [0.15, 0.2) is 12.7 Å². The summed E-state index contributed by atoms with van der Waals surface area (Å²) in [6, 6.07) is 0.663. The van der Waals surface area contributed by atoms with Gasteiger partial charge in [-0.15, -0.1) is 0 Å². The minimum absolute atomic E-state index is 0. The van der Waals surface area contributed by atoms with Crippen molar-refractivity contribution in [1.82, 2.24) is 4.90 Å². The van der Waals surface area contributed by atoms with E-state index in [2.05, 4.69) is 31.4 Å². The van der Waals surface area contributed by atoms with Crippen LogP contribution in [0.2, 0.25) is 0 Å². The van der Waals surface area contributed by atoms with Crippen molar-refractivity contribution in [3.05, 3.63) is 12.7 Å². The molecule has 39 heavy (non-hydrogen) atoms. The molecule has 0 amide bonds. The molecule has 4 aliphatic carbocycles. The van der Waals surface area contributed by atoms with Crippen molar-refractivity contribution >= 4 is 5.97 Å². The first-order valence-corrected chi connectivity index (χ1v) is 15.9. The number of quaternary nitrogens is 1. The van der Waals surface area contributed by atoms with E-state index in [0.717, 1.165) is 56.6 Å². The van der Waals surface area contributed by atoms with Crippen LogP contribution in [0.1, 0.15) is 78.6 Å². The average Bonchev–Trinajstić information content (AvgIpc) is 3.48. The fourth-order valence-corrected chi connectivity index (χ4v) is 11.3. The minimum atomic E-state index is -0.209. The molecule has 4 unspecified atom stereocenters. The molecule has 0 aromatic carbocycles. The molecule has 6 fully saturated rings. The molecule has 1 N–H and O–H groups in total. The fraction of sp³-hybridized carbons (Fsp3) is 0.906. The number of hydrogen-bond acceptors (Lipinski definition) is 5. The van der Waals surface area contributed by atoms with Gasteiger partial charge in [-0.3, -0.25) is 9.69 Å². The Bertz CT molecular complexity index is 905. The number of ether oxygens (including phenoxy) is 2. The molecule has 0 bridgehead atoms. The van der Waals surface area contributed by atoms with Gasteiger partial charge in [0.1, 0.15) is 6.04 Å². The summed E-state index contributed by atoms with van der Waals surface area (Å²) in [6.45, 7) is 17.7. The lowest BCUT2D eigenvalue weighted by molar-refractivity contribution is -0.937. The average molecular weight is 610 g/mol. The number of carbonyl (C=O) groups excluding carboxylic acids is 1. The Morgan fingerprint density at radius 3 is 2.49 bits per heavy atom. The number of nitrogens with zero attached hydrogens (tertiary/aromatic N) is 2. The molecule has 0 radical (unpaired) electrons. The molecule has 222 valence electrons. The number of aliphatic hydroxyl groups is 1. The molecule has 4 saturated carbocycles. The number of likely N-dealkylation sites (tertiary alicyclic amines) is 1. The topological polar surface area (TPSA) is 59.0 Å². The first kappa shape index (κ1) is 30.0. The third kappa shape index (κ3) is 4.88. The first-order chi connectivity index (χ1) is 18.2. The van der Waals surface area contributed by atoms with Gasteiger partial charge in [-0.1, -0.05) is 20.4 Å². The van der Waals surface area contributed by atoms with Crippen LogP contribution in [-0.2, 0) is 14.3 Å². The number of carbonyl (C=O) groups is 1. The minimum Gasteiger partial charge on any atom is -1.00 e. The van der Waals surface area contributed by atoms with Crippen molar-refractivity contribution in [2.45, 2.75) is 103 Å². The lowest BCUT2D eigenvalue weighted by Gasteiger charge is -2.62. The van der Waals surface area contributed by atoms with Gasteiger partial charge in [0.15, 0.2) is 6.10 Å². The normalized spacial score (nSPS) is 47.3. The monoisotopic (exact) mass is 608 g/mol. The zero-order valence-electron chi connectivity index (χ0n) is 24.7. The zero-order chi connectivity index (χ0) is 26.7. The SMILES string of the molecule is C=CC[N+]1([C@H]2CC3C4CCC5C[C@H](O)[C@@H](N6CCOCC6)C[C@]5(C)C4CC[C@]3(C)[C@H]2OC(C)=O)CCCC1.[Br-]. The van der Waals surface area contributed by atoms with Crippen LogP contribution in [0.4, 0.5) is 0 Å². The summed E-state index contributed by atoms with van der Waals surface area (Å²) in [5.74, 6) is 2.54. The van der Waals surface area contributed by atoms with Gasteiger partial charge in [-0.25, -0.2) is 0 Å². The summed E-state index contributed by atoms with van der Waals surface area (Å²) in [5.41, 5.74) is 0.343. The summed E-state index contributed by atoms with van der Waals surface area (Å²) in [6.07, 6.45) is 12.7. The summed E-state index contributed by atoms with van der Waals surface area (Å²) in [7, 11) is 0. The summed E-state index contributed by atoms with van der Waals surface area (Å²) >= 11 is 0. The fourth-order valence-electron chi connectivity index (χ4n) is 11.3. The van der Waals surface area contributed by atoms with Gasteiger partial charge in [0.05, 0.1) is 39.0 Å².